The average Bonchev–Trinajstić information content (AvgIpc) is 3.54. The van der Waals surface area contributed by atoms with E-state index in [0.717, 1.165) is 0 Å². The summed E-state index contributed by atoms with van der Waals surface area (Å²) >= 11 is 0. The maximum Gasteiger partial charge on any atom is 0.0503 e. The second-order valence-corrected chi connectivity index (χ2v) is 18.0. The molecule has 10 aromatic rings. The number of hydrogen-bond acceptors (Lipinski definition) is 1. The fourth-order valence-electron chi connectivity index (χ4n) is 11.1. The van der Waals surface area contributed by atoms with Crippen molar-refractivity contribution in [2.45, 2.75) is 38.5 Å². The Hall–Kier alpha value is -7.22. The van der Waals surface area contributed by atoms with Crippen molar-refractivity contribution in [2.24, 2.45) is 0 Å². The molecule has 0 fully saturated rings. The summed E-state index contributed by atoms with van der Waals surface area (Å²) in [4.78, 5) is 2.44. The van der Waals surface area contributed by atoms with Gasteiger partial charge in [-0.25, -0.2) is 0 Å². The predicted molar refractivity (Wildman–Crippen MR) is 260 cm³/mol. The van der Waals surface area contributed by atoms with Crippen LogP contribution in [0.2, 0.25) is 0 Å². The highest BCUT2D eigenvalue weighted by atomic mass is 15.2. The second kappa shape index (κ2) is 13.1. The minimum atomic E-state index is -0.209. The van der Waals surface area contributed by atoms with Crippen LogP contribution in [0, 0.1) is 0 Å². The van der Waals surface area contributed by atoms with Crippen LogP contribution in [0.5, 0.6) is 0 Å². The van der Waals surface area contributed by atoms with Crippen LogP contribution in [-0.2, 0) is 10.8 Å². The molecule has 0 spiro atoms. The molecule has 0 atom stereocenters. The summed E-state index contributed by atoms with van der Waals surface area (Å²) in [5.41, 5.74) is 19.0. The van der Waals surface area contributed by atoms with Gasteiger partial charge in [0.25, 0.3) is 0 Å². The van der Waals surface area contributed by atoms with E-state index in [4.69, 9.17) is 0 Å². The monoisotopic (exact) mass is 779 g/mol. The van der Waals surface area contributed by atoms with Gasteiger partial charge in [0.1, 0.15) is 0 Å². The Kier molecular flexibility index (Phi) is 7.69. The van der Waals surface area contributed by atoms with Crippen molar-refractivity contribution in [3.05, 3.63) is 222 Å². The standard InChI is InChI=1S/C60H45N/c1-59(2)50-28-16-15-27-47(50)58-43-24-12-11-23-42(43)49(37-53(58)59)57-45-26-14-13-25-44(45)56(38-19-7-5-8-20-38)46-33-31-39(35-48(46)57)40-32-34-55-52(36-40)60(3,4)51-29-17-18-30-54(51)61(55)41-21-9-6-10-22-41/h5-37H,1-4H3. The van der Waals surface area contributed by atoms with E-state index in [1.807, 2.05) is 0 Å². The van der Waals surface area contributed by atoms with E-state index in [9.17, 15) is 0 Å². The zero-order valence-corrected chi connectivity index (χ0v) is 35.0. The molecular weight excluding hydrogens is 735 g/mol. The lowest BCUT2D eigenvalue weighted by Gasteiger charge is -2.42. The van der Waals surface area contributed by atoms with Gasteiger partial charge in [0.05, 0.1) is 11.4 Å². The summed E-state index contributed by atoms with van der Waals surface area (Å²) in [5.74, 6) is 0. The van der Waals surface area contributed by atoms with Gasteiger partial charge >= 0.3 is 0 Å². The highest BCUT2D eigenvalue weighted by Gasteiger charge is 2.39. The molecule has 0 bridgehead atoms. The van der Waals surface area contributed by atoms with Crippen molar-refractivity contribution in [2.75, 3.05) is 4.90 Å². The number of benzene rings is 10. The molecule has 1 aliphatic carbocycles. The Morgan fingerprint density at radius 3 is 1.57 bits per heavy atom. The lowest BCUT2D eigenvalue weighted by atomic mass is 9.73. The Balaban J connectivity index is 1.16. The first-order chi connectivity index (χ1) is 29.8. The molecular formula is C60H45N. The van der Waals surface area contributed by atoms with Gasteiger partial charge < -0.3 is 4.90 Å². The Bertz CT molecular complexity index is 3410. The second-order valence-electron chi connectivity index (χ2n) is 18.0. The molecule has 12 rings (SSSR count). The van der Waals surface area contributed by atoms with Crippen LogP contribution < -0.4 is 4.90 Å². The maximum atomic E-state index is 2.55. The minimum Gasteiger partial charge on any atom is -0.310 e. The quantitative estimate of drug-likeness (QED) is 0.161. The molecule has 1 nitrogen and oxygen atoms in total. The van der Waals surface area contributed by atoms with Crippen LogP contribution in [0.4, 0.5) is 17.1 Å². The van der Waals surface area contributed by atoms with Crippen LogP contribution in [-0.4, -0.2) is 0 Å². The van der Waals surface area contributed by atoms with Crippen molar-refractivity contribution in [3.8, 4) is 44.5 Å². The SMILES string of the molecule is CC1(C)c2ccccc2N(c2ccccc2)c2ccc(-c3ccc4c(-c5ccccc5)c5ccccc5c(-c5cc6c(c7ccccc57)-c5ccccc5C6(C)C)c4c3)cc21. The van der Waals surface area contributed by atoms with Gasteiger partial charge in [0.15, 0.2) is 0 Å². The third kappa shape index (κ3) is 5.14. The molecule has 0 amide bonds. The zero-order chi connectivity index (χ0) is 41.0. The van der Waals surface area contributed by atoms with E-state index < -0.39 is 0 Å². The summed E-state index contributed by atoms with van der Waals surface area (Å²) in [6.07, 6.45) is 0. The molecule has 1 aliphatic heterocycles. The number of anilines is 3. The number of fused-ring (bicyclic) bond motifs is 9. The average molecular weight is 780 g/mol. The largest absolute Gasteiger partial charge is 0.310 e. The molecule has 0 unspecified atom stereocenters. The first kappa shape index (κ1) is 35.7. The lowest BCUT2D eigenvalue weighted by molar-refractivity contribution is 0.632. The molecule has 1 heteroatoms. The van der Waals surface area contributed by atoms with Crippen molar-refractivity contribution >= 4 is 49.4 Å². The van der Waals surface area contributed by atoms with E-state index in [0.29, 0.717) is 0 Å². The number of para-hydroxylation sites is 2. The van der Waals surface area contributed by atoms with E-state index in [1.54, 1.807) is 0 Å². The van der Waals surface area contributed by atoms with Crippen molar-refractivity contribution in [1.29, 1.82) is 0 Å². The highest BCUT2D eigenvalue weighted by Crippen LogP contribution is 2.56. The summed E-state index contributed by atoms with van der Waals surface area (Å²) in [6.45, 7) is 9.56. The molecule has 0 radical (unpaired) electrons. The van der Waals surface area contributed by atoms with Crippen LogP contribution >= 0.6 is 0 Å². The molecule has 290 valence electrons. The summed E-state index contributed by atoms with van der Waals surface area (Å²) in [6, 6.07) is 74.9. The van der Waals surface area contributed by atoms with Crippen molar-refractivity contribution in [3.63, 3.8) is 0 Å². The van der Waals surface area contributed by atoms with E-state index >= 15 is 0 Å². The molecule has 0 saturated heterocycles. The minimum absolute atomic E-state index is 0.145. The zero-order valence-electron chi connectivity index (χ0n) is 35.0. The fourth-order valence-corrected chi connectivity index (χ4v) is 11.1. The van der Waals surface area contributed by atoms with Gasteiger partial charge in [-0.2, -0.15) is 0 Å². The van der Waals surface area contributed by atoms with Crippen LogP contribution in [0.15, 0.2) is 200 Å². The van der Waals surface area contributed by atoms with Gasteiger partial charge in [0, 0.05) is 16.5 Å². The van der Waals surface area contributed by atoms with Crippen LogP contribution in [0.1, 0.15) is 49.9 Å². The normalized spacial score (nSPS) is 14.5. The Morgan fingerprint density at radius 2 is 0.820 bits per heavy atom. The topological polar surface area (TPSA) is 3.24 Å². The van der Waals surface area contributed by atoms with E-state index in [-0.39, 0.29) is 10.8 Å². The third-order valence-corrected chi connectivity index (χ3v) is 14.0. The molecule has 61 heavy (non-hydrogen) atoms. The number of hydrogen-bond donors (Lipinski definition) is 0. The summed E-state index contributed by atoms with van der Waals surface area (Å²) < 4.78 is 0. The highest BCUT2D eigenvalue weighted by molar-refractivity contribution is 6.25. The van der Waals surface area contributed by atoms with Crippen molar-refractivity contribution < 1.29 is 0 Å². The number of rotatable bonds is 4. The number of nitrogens with zero attached hydrogens (tertiary/aromatic N) is 1. The maximum absolute atomic E-state index is 2.55. The summed E-state index contributed by atoms with van der Waals surface area (Å²) in [5, 5.41) is 7.67. The van der Waals surface area contributed by atoms with Gasteiger partial charge in [-0.05, 0) is 142 Å². The molecule has 1 heterocycles. The third-order valence-electron chi connectivity index (χ3n) is 14.0. The van der Waals surface area contributed by atoms with E-state index in [2.05, 4.69) is 233 Å². The molecule has 0 N–H and O–H groups in total. The van der Waals surface area contributed by atoms with Crippen molar-refractivity contribution in [1.82, 2.24) is 0 Å². The van der Waals surface area contributed by atoms with Gasteiger partial charge in [0.2, 0.25) is 0 Å². The first-order valence-electron chi connectivity index (χ1n) is 21.6. The molecule has 10 aromatic carbocycles. The smallest absolute Gasteiger partial charge is 0.0503 e. The van der Waals surface area contributed by atoms with Gasteiger partial charge in [-0.3, -0.25) is 0 Å². The summed E-state index contributed by atoms with van der Waals surface area (Å²) in [7, 11) is 0. The van der Waals surface area contributed by atoms with Gasteiger partial charge in [-0.15, -0.1) is 0 Å². The van der Waals surface area contributed by atoms with Crippen LogP contribution in [0.25, 0.3) is 76.8 Å². The van der Waals surface area contributed by atoms with Gasteiger partial charge in [-0.1, -0.05) is 185 Å². The fraction of sp³-hybridized carbons (Fsp3) is 0.100. The molecule has 0 saturated carbocycles. The van der Waals surface area contributed by atoms with E-state index in [1.165, 1.54) is 116 Å². The Labute approximate surface area is 358 Å². The lowest BCUT2D eigenvalue weighted by Crippen LogP contribution is -2.30. The first-order valence-corrected chi connectivity index (χ1v) is 21.6. The molecule has 2 aliphatic rings. The van der Waals surface area contributed by atoms with Crippen LogP contribution in [0.3, 0.4) is 0 Å². The molecule has 0 aromatic heterocycles. The Morgan fingerprint density at radius 1 is 0.295 bits per heavy atom. The predicted octanol–water partition coefficient (Wildman–Crippen LogP) is 16.6.